The van der Waals surface area contributed by atoms with Crippen LogP contribution in [0, 0.1) is 0 Å². The number of aryl methyl sites for hydroxylation is 1. The molecule has 1 aromatic heterocycles. The average molecular weight is 291 g/mol. The molecule has 1 aromatic rings. The van der Waals surface area contributed by atoms with Gasteiger partial charge in [0.05, 0.1) is 4.47 Å². The monoisotopic (exact) mass is 290 g/mol. The number of aromatic nitrogens is 2. The third kappa shape index (κ3) is 3.94. The van der Waals surface area contributed by atoms with Crippen molar-refractivity contribution in [2.24, 2.45) is 0 Å². The third-order valence-corrected chi connectivity index (χ3v) is 2.84. The number of unbranched alkanes of at least 4 members (excludes halogenated alkanes) is 3. The lowest BCUT2D eigenvalue weighted by Crippen LogP contribution is -2.29. The van der Waals surface area contributed by atoms with Gasteiger partial charge in [-0.25, -0.2) is 4.79 Å². The van der Waals surface area contributed by atoms with Gasteiger partial charge < -0.3 is 5.11 Å². The highest BCUT2D eigenvalue weighted by Gasteiger charge is 2.01. The van der Waals surface area contributed by atoms with Crippen LogP contribution in [0.3, 0.4) is 0 Å². The molecule has 6 heteroatoms. The predicted octanol–water partition coefficient (Wildman–Crippen LogP) is 0.852. The van der Waals surface area contributed by atoms with Gasteiger partial charge in [0.15, 0.2) is 0 Å². The Hall–Kier alpha value is -0.880. The van der Waals surface area contributed by atoms with Gasteiger partial charge in [0, 0.05) is 19.3 Å². The van der Waals surface area contributed by atoms with Crippen molar-refractivity contribution in [1.82, 2.24) is 9.55 Å². The summed E-state index contributed by atoms with van der Waals surface area (Å²) in [7, 11) is 0. The first-order valence-electron chi connectivity index (χ1n) is 5.25. The van der Waals surface area contributed by atoms with Crippen molar-refractivity contribution >= 4 is 15.9 Å². The van der Waals surface area contributed by atoms with Gasteiger partial charge in [-0.15, -0.1) is 0 Å². The Labute approximate surface area is 101 Å². The zero-order valence-electron chi connectivity index (χ0n) is 8.91. The number of nitrogens with zero attached hydrogens (tertiary/aromatic N) is 1. The van der Waals surface area contributed by atoms with Gasteiger partial charge in [0.25, 0.3) is 5.56 Å². The minimum Gasteiger partial charge on any atom is -0.396 e. The number of aliphatic hydroxyl groups excluding tert-OH is 1. The van der Waals surface area contributed by atoms with Gasteiger partial charge in [-0.1, -0.05) is 12.8 Å². The minimum atomic E-state index is -0.401. The summed E-state index contributed by atoms with van der Waals surface area (Å²) < 4.78 is 1.84. The summed E-state index contributed by atoms with van der Waals surface area (Å²) in [6.45, 7) is 0.795. The van der Waals surface area contributed by atoms with E-state index in [0.717, 1.165) is 25.7 Å². The van der Waals surface area contributed by atoms with Crippen LogP contribution in [0.5, 0.6) is 0 Å². The van der Waals surface area contributed by atoms with Gasteiger partial charge in [0.1, 0.15) is 0 Å². The second kappa shape index (κ2) is 6.65. The number of hydrogen-bond donors (Lipinski definition) is 2. The number of nitrogens with one attached hydrogen (secondary N) is 1. The predicted molar refractivity (Wildman–Crippen MR) is 64.6 cm³/mol. The zero-order valence-corrected chi connectivity index (χ0v) is 10.5. The Morgan fingerprint density at radius 2 is 1.94 bits per heavy atom. The number of halogens is 1. The van der Waals surface area contributed by atoms with Crippen LogP contribution in [0.25, 0.3) is 0 Å². The van der Waals surface area contributed by atoms with E-state index >= 15 is 0 Å². The summed E-state index contributed by atoms with van der Waals surface area (Å²) in [5.74, 6) is 0. The molecule has 0 atom stereocenters. The Morgan fingerprint density at radius 3 is 2.62 bits per heavy atom. The maximum Gasteiger partial charge on any atom is 0.328 e. The van der Waals surface area contributed by atoms with E-state index in [1.807, 2.05) is 0 Å². The smallest absolute Gasteiger partial charge is 0.328 e. The molecule has 90 valence electrons. The minimum absolute atomic E-state index is 0.212. The van der Waals surface area contributed by atoms with Gasteiger partial charge in [-0.05, 0) is 28.8 Å². The fourth-order valence-corrected chi connectivity index (χ4v) is 1.74. The van der Waals surface area contributed by atoms with Gasteiger partial charge in [-0.2, -0.15) is 0 Å². The van der Waals surface area contributed by atoms with Crippen LogP contribution in [0.1, 0.15) is 25.7 Å². The second-order valence-electron chi connectivity index (χ2n) is 3.57. The molecule has 5 nitrogen and oxygen atoms in total. The van der Waals surface area contributed by atoms with E-state index in [0.29, 0.717) is 11.0 Å². The fourth-order valence-electron chi connectivity index (χ4n) is 1.40. The Balaban J connectivity index is 2.51. The maximum atomic E-state index is 11.4. The van der Waals surface area contributed by atoms with Crippen LogP contribution in [-0.2, 0) is 6.54 Å². The highest BCUT2D eigenvalue weighted by atomic mass is 79.9. The molecule has 0 spiro atoms. The van der Waals surface area contributed by atoms with Crippen molar-refractivity contribution in [3.63, 3.8) is 0 Å². The van der Waals surface area contributed by atoms with E-state index in [1.54, 1.807) is 0 Å². The number of H-pyrrole nitrogens is 1. The quantitative estimate of drug-likeness (QED) is 0.763. The molecular formula is C10H15BrN2O3. The number of aromatic amines is 1. The van der Waals surface area contributed by atoms with Crippen LogP contribution < -0.4 is 11.2 Å². The molecule has 0 saturated heterocycles. The standard InChI is InChI=1S/C10H15BrN2O3/c11-8-7-13(10(16)12-9(8)15)5-3-1-2-4-6-14/h7,14H,1-6H2,(H,12,15,16). The first kappa shape index (κ1) is 13.2. The molecule has 0 radical (unpaired) electrons. The lowest BCUT2D eigenvalue weighted by molar-refractivity contribution is 0.282. The molecule has 0 aliphatic heterocycles. The van der Waals surface area contributed by atoms with Crippen LogP contribution in [0.15, 0.2) is 20.3 Å². The van der Waals surface area contributed by atoms with Crippen molar-refractivity contribution in [3.8, 4) is 0 Å². The summed E-state index contributed by atoms with van der Waals surface area (Å²) in [5, 5.41) is 8.59. The summed E-state index contributed by atoms with van der Waals surface area (Å²) in [6, 6.07) is 0. The molecule has 0 aliphatic carbocycles. The van der Waals surface area contributed by atoms with Gasteiger partial charge in [-0.3, -0.25) is 14.3 Å². The molecular weight excluding hydrogens is 276 g/mol. The van der Waals surface area contributed by atoms with Crippen LogP contribution in [0.4, 0.5) is 0 Å². The van der Waals surface area contributed by atoms with E-state index in [2.05, 4.69) is 20.9 Å². The van der Waals surface area contributed by atoms with Crippen LogP contribution in [-0.4, -0.2) is 21.3 Å². The van der Waals surface area contributed by atoms with E-state index in [9.17, 15) is 9.59 Å². The van der Waals surface area contributed by atoms with Crippen LogP contribution >= 0.6 is 15.9 Å². The summed E-state index contributed by atoms with van der Waals surface area (Å²) in [5.41, 5.74) is -0.781. The molecule has 0 saturated carbocycles. The summed E-state index contributed by atoms with van der Waals surface area (Å²) in [4.78, 5) is 24.6. The molecule has 0 amide bonds. The normalized spacial score (nSPS) is 10.6. The van der Waals surface area contributed by atoms with Gasteiger partial charge >= 0.3 is 5.69 Å². The Bertz CT molecular complexity index is 438. The first-order chi connectivity index (χ1) is 7.65. The molecule has 1 rings (SSSR count). The zero-order chi connectivity index (χ0) is 12.0. The highest BCUT2D eigenvalue weighted by molar-refractivity contribution is 9.10. The fraction of sp³-hybridized carbons (Fsp3) is 0.600. The largest absolute Gasteiger partial charge is 0.396 e. The summed E-state index contributed by atoms with van der Waals surface area (Å²) in [6.07, 6.45) is 5.08. The maximum absolute atomic E-state index is 11.4. The number of hydrogen-bond acceptors (Lipinski definition) is 3. The van der Waals surface area contributed by atoms with E-state index in [1.165, 1.54) is 10.8 Å². The second-order valence-corrected chi connectivity index (χ2v) is 4.42. The van der Waals surface area contributed by atoms with Crippen molar-refractivity contribution in [2.45, 2.75) is 32.2 Å². The Morgan fingerprint density at radius 1 is 1.25 bits per heavy atom. The van der Waals surface area contributed by atoms with Crippen molar-refractivity contribution in [1.29, 1.82) is 0 Å². The first-order valence-corrected chi connectivity index (χ1v) is 6.04. The molecule has 0 unspecified atom stereocenters. The molecule has 0 fully saturated rings. The highest BCUT2D eigenvalue weighted by Crippen LogP contribution is 2.02. The number of aliphatic hydroxyl groups is 1. The van der Waals surface area contributed by atoms with E-state index in [4.69, 9.17) is 5.11 Å². The van der Waals surface area contributed by atoms with Gasteiger partial charge in [0.2, 0.25) is 0 Å². The summed E-state index contributed by atoms with van der Waals surface area (Å²) >= 11 is 3.08. The van der Waals surface area contributed by atoms with Crippen molar-refractivity contribution in [2.75, 3.05) is 6.61 Å². The average Bonchev–Trinajstić information content (AvgIpc) is 2.25. The Kier molecular flexibility index (Phi) is 5.48. The third-order valence-electron chi connectivity index (χ3n) is 2.27. The lowest BCUT2D eigenvalue weighted by Gasteiger charge is -2.04. The molecule has 0 aromatic carbocycles. The molecule has 1 heterocycles. The van der Waals surface area contributed by atoms with E-state index < -0.39 is 5.56 Å². The molecule has 0 aliphatic rings. The topological polar surface area (TPSA) is 75.1 Å². The van der Waals surface area contributed by atoms with Crippen LogP contribution in [0.2, 0.25) is 0 Å². The van der Waals surface area contributed by atoms with Crippen molar-refractivity contribution < 1.29 is 5.11 Å². The molecule has 0 bridgehead atoms. The van der Waals surface area contributed by atoms with Crippen molar-refractivity contribution in [3.05, 3.63) is 31.5 Å². The molecule has 2 N–H and O–H groups in total. The lowest BCUT2D eigenvalue weighted by atomic mass is 10.2. The number of rotatable bonds is 6. The molecule has 16 heavy (non-hydrogen) atoms. The van der Waals surface area contributed by atoms with E-state index in [-0.39, 0.29) is 12.3 Å². The SMILES string of the molecule is O=c1[nH]c(=O)n(CCCCCCO)cc1Br.